The molecule has 1 aliphatic rings. The third kappa shape index (κ3) is 5.06. The number of nitrogens with one attached hydrogen (secondary N) is 2. The van der Waals surface area contributed by atoms with Crippen LogP contribution in [0.3, 0.4) is 0 Å². The van der Waals surface area contributed by atoms with Crippen LogP contribution in [-0.4, -0.2) is 23.3 Å². The molecule has 0 saturated carbocycles. The van der Waals surface area contributed by atoms with Gasteiger partial charge in [0, 0.05) is 24.6 Å². The topological polar surface area (TPSA) is 71.1 Å². The van der Waals surface area contributed by atoms with Crippen LogP contribution in [0.4, 0.5) is 5.69 Å². The maximum absolute atomic E-state index is 12.6. The van der Waals surface area contributed by atoms with Crippen molar-refractivity contribution in [2.45, 2.75) is 46.0 Å². The average molecular weight is 377 g/mol. The second-order valence-electron chi connectivity index (χ2n) is 7.28. The number of anilines is 1. The first-order valence-corrected chi connectivity index (χ1v) is 9.83. The molecule has 0 bridgehead atoms. The van der Waals surface area contributed by atoms with Crippen LogP contribution in [-0.2, 0) is 0 Å². The maximum atomic E-state index is 12.6. The summed E-state index contributed by atoms with van der Waals surface area (Å²) in [4.78, 5) is 29.1. The number of allylic oxidation sites excluding steroid dienone is 1. The van der Waals surface area contributed by atoms with Gasteiger partial charge < -0.3 is 10.6 Å². The van der Waals surface area contributed by atoms with Gasteiger partial charge in [-0.1, -0.05) is 23.8 Å². The number of amides is 2. The van der Waals surface area contributed by atoms with Gasteiger partial charge in [-0.05, 0) is 69.2 Å². The van der Waals surface area contributed by atoms with E-state index in [9.17, 15) is 9.59 Å². The summed E-state index contributed by atoms with van der Waals surface area (Å²) in [5, 5.41) is 5.83. The number of aromatic nitrogens is 1. The molecule has 0 atom stereocenters. The van der Waals surface area contributed by atoms with Gasteiger partial charge in [0.05, 0.1) is 11.1 Å². The molecule has 1 heterocycles. The highest BCUT2D eigenvalue weighted by atomic mass is 16.2. The summed E-state index contributed by atoms with van der Waals surface area (Å²) >= 11 is 0. The van der Waals surface area contributed by atoms with Crippen LogP contribution in [0.15, 0.2) is 48.3 Å². The molecule has 1 aliphatic carbocycles. The zero-order chi connectivity index (χ0) is 19.9. The standard InChI is InChI=1S/C23H27N3O2/c1-16-7-6-10-21(17(16)2)26-23(28)20-13-19(14-24-15-20)22(27)25-12-11-18-8-4-3-5-9-18/h6-8,10,13-15H,3-5,9,11-12H2,1-2H3,(H,25,27)(H,26,28). The van der Waals surface area contributed by atoms with Crippen LogP contribution >= 0.6 is 0 Å². The highest BCUT2D eigenvalue weighted by molar-refractivity contribution is 6.06. The van der Waals surface area contributed by atoms with Crippen molar-refractivity contribution in [3.63, 3.8) is 0 Å². The van der Waals surface area contributed by atoms with Crippen molar-refractivity contribution in [1.82, 2.24) is 10.3 Å². The van der Waals surface area contributed by atoms with Crippen LogP contribution < -0.4 is 10.6 Å². The zero-order valence-corrected chi connectivity index (χ0v) is 16.5. The van der Waals surface area contributed by atoms with Gasteiger partial charge in [0.1, 0.15) is 0 Å². The van der Waals surface area contributed by atoms with E-state index in [2.05, 4.69) is 21.7 Å². The Kier molecular flexibility index (Phi) is 6.58. The first-order chi connectivity index (χ1) is 13.5. The van der Waals surface area contributed by atoms with Crippen molar-refractivity contribution in [2.75, 3.05) is 11.9 Å². The SMILES string of the molecule is Cc1cccc(NC(=O)c2cncc(C(=O)NCCC3=CCCCC3)c2)c1C. The molecule has 5 nitrogen and oxygen atoms in total. The summed E-state index contributed by atoms with van der Waals surface area (Å²) in [6, 6.07) is 7.36. The fraction of sp³-hybridized carbons (Fsp3) is 0.348. The van der Waals surface area contributed by atoms with E-state index >= 15 is 0 Å². The van der Waals surface area contributed by atoms with Crippen LogP contribution in [0, 0.1) is 13.8 Å². The van der Waals surface area contributed by atoms with E-state index in [0.29, 0.717) is 17.7 Å². The molecule has 28 heavy (non-hydrogen) atoms. The summed E-state index contributed by atoms with van der Waals surface area (Å²) in [7, 11) is 0. The minimum absolute atomic E-state index is 0.203. The number of hydrogen-bond donors (Lipinski definition) is 2. The Morgan fingerprint density at radius 3 is 2.61 bits per heavy atom. The van der Waals surface area contributed by atoms with E-state index in [1.54, 1.807) is 6.07 Å². The van der Waals surface area contributed by atoms with Crippen LogP contribution in [0.2, 0.25) is 0 Å². The monoisotopic (exact) mass is 377 g/mol. The normalized spacial score (nSPS) is 13.6. The molecular weight excluding hydrogens is 350 g/mol. The molecule has 2 amide bonds. The summed E-state index contributed by atoms with van der Waals surface area (Å²) in [5.74, 6) is -0.478. The Bertz CT molecular complexity index is 902. The van der Waals surface area contributed by atoms with E-state index in [-0.39, 0.29) is 11.8 Å². The summed E-state index contributed by atoms with van der Waals surface area (Å²) < 4.78 is 0. The molecular formula is C23H27N3O2. The van der Waals surface area contributed by atoms with Crippen molar-refractivity contribution >= 4 is 17.5 Å². The molecule has 5 heteroatoms. The van der Waals surface area contributed by atoms with Gasteiger partial charge in [-0.2, -0.15) is 0 Å². The van der Waals surface area contributed by atoms with Crippen LogP contribution in [0.1, 0.15) is 63.9 Å². The first kappa shape index (κ1) is 19.8. The quantitative estimate of drug-likeness (QED) is 0.724. The number of aryl methyl sites for hydroxylation is 1. The van der Waals surface area contributed by atoms with Gasteiger partial charge in [0.2, 0.25) is 0 Å². The number of rotatable bonds is 6. The highest BCUT2D eigenvalue weighted by Gasteiger charge is 2.13. The van der Waals surface area contributed by atoms with Gasteiger partial charge >= 0.3 is 0 Å². The number of benzene rings is 1. The van der Waals surface area contributed by atoms with Gasteiger partial charge in [-0.3, -0.25) is 14.6 Å². The third-order valence-corrected chi connectivity index (χ3v) is 5.23. The predicted molar refractivity (Wildman–Crippen MR) is 112 cm³/mol. The Labute approximate surface area is 166 Å². The summed E-state index contributed by atoms with van der Waals surface area (Å²) in [6.45, 7) is 4.57. The second-order valence-corrected chi connectivity index (χ2v) is 7.28. The molecule has 1 aromatic heterocycles. The molecule has 1 aromatic carbocycles. The van der Waals surface area contributed by atoms with Gasteiger partial charge in [-0.15, -0.1) is 0 Å². The third-order valence-electron chi connectivity index (χ3n) is 5.23. The average Bonchev–Trinajstić information content (AvgIpc) is 2.72. The van der Waals surface area contributed by atoms with E-state index in [4.69, 9.17) is 0 Å². The van der Waals surface area contributed by atoms with Gasteiger partial charge in [-0.25, -0.2) is 0 Å². The molecule has 0 radical (unpaired) electrons. The van der Waals surface area contributed by atoms with Crippen molar-refractivity contribution in [3.05, 3.63) is 70.6 Å². The lowest BCUT2D eigenvalue weighted by molar-refractivity contribution is 0.0953. The molecule has 0 spiro atoms. The Hall–Kier alpha value is -2.95. The lowest BCUT2D eigenvalue weighted by atomic mass is 9.97. The molecule has 0 unspecified atom stereocenters. The summed E-state index contributed by atoms with van der Waals surface area (Å²) in [6.07, 6.45) is 10.9. The lowest BCUT2D eigenvalue weighted by Gasteiger charge is -2.13. The highest BCUT2D eigenvalue weighted by Crippen LogP contribution is 2.20. The van der Waals surface area contributed by atoms with E-state index in [1.807, 2.05) is 32.0 Å². The minimum Gasteiger partial charge on any atom is -0.352 e. The van der Waals surface area contributed by atoms with Crippen molar-refractivity contribution in [2.24, 2.45) is 0 Å². The van der Waals surface area contributed by atoms with Crippen LogP contribution in [0.5, 0.6) is 0 Å². The van der Waals surface area contributed by atoms with E-state index in [0.717, 1.165) is 36.1 Å². The molecule has 0 saturated heterocycles. The van der Waals surface area contributed by atoms with Crippen LogP contribution in [0.25, 0.3) is 0 Å². The molecule has 0 fully saturated rings. The predicted octanol–water partition coefficient (Wildman–Crippen LogP) is 4.57. The van der Waals surface area contributed by atoms with Crippen molar-refractivity contribution in [3.8, 4) is 0 Å². The Morgan fingerprint density at radius 2 is 1.86 bits per heavy atom. The smallest absolute Gasteiger partial charge is 0.257 e. The van der Waals surface area contributed by atoms with Gasteiger partial charge in [0.25, 0.3) is 11.8 Å². The van der Waals surface area contributed by atoms with Gasteiger partial charge in [0.15, 0.2) is 0 Å². The largest absolute Gasteiger partial charge is 0.352 e. The number of pyridine rings is 1. The Balaban J connectivity index is 1.61. The molecule has 2 aromatic rings. The number of nitrogens with zero attached hydrogens (tertiary/aromatic N) is 1. The second kappa shape index (κ2) is 9.31. The van der Waals surface area contributed by atoms with Crippen molar-refractivity contribution < 1.29 is 9.59 Å². The number of carbonyl (C=O) groups excluding carboxylic acids is 2. The zero-order valence-electron chi connectivity index (χ0n) is 16.5. The fourth-order valence-corrected chi connectivity index (χ4v) is 3.34. The minimum atomic E-state index is -0.275. The number of hydrogen-bond acceptors (Lipinski definition) is 3. The van der Waals surface area contributed by atoms with E-state index in [1.165, 1.54) is 30.8 Å². The van der Waals surface area contributed by atoms with E-state index < -0.39 is 0 Å². The fourth-order valence-electron chi connectivity index (χ4n) is 3.34. The molecule has 3 rings (SSSR count). The first-order valence-electron chi connectivity index (χ1n) is 9.83. The lowest BCUT2D eigenvalue weighted by Crippen LogP contribution is -2.25. The molecule has 0 aliphatic heterocycles. The Morgan fingerprint density at radius 1 is 1.07 bits per heavy atom. The molecule has 2 N–H and O–H groups in total. The van der Waals surface area contributed by atoms with Crippen molar-refractivity contribution in [1.29, 1.82) is 0 Å². The summed E-state index contributed by atoms with van der Waals surface area (Å²) in [5.41, 5.74) is 5.08. The molecule has 146 valence electrons. The maximum Gasteiger partial charge on any atom is 0.257 e. The number of carbonyl (C=O) groups is 2.